The molecular formula is C20H32N6S2. The molecule has 0 atom stereocenters. The molecule has 0 unspecified atom stereocenters. The maximum Gasteiger partial charge on any atom is 0.183 e. The van der Waals surface area contributed by atoms with Crippen molar-refractivity contribution in [3.8, 4) is 0 Å². The monoisotopic (exact) mass is 420 g/mol. The third kappa shape index (κ3) is 5.31. The molecule has 1 aromatic carbocycles. The first-order valence-corrected chi connectivity index (χ1v) is 11.9. The standard InChI is InChI=1S/C20H32N6S2/c1-5-25(6-2)11-9-21-19-23-15-13-18-16(14-17(15)27-19)24-20(28-18)22-10-12-26(7-3)8-4/h13-14H,5-12H2,1-4H3,(H,21,23)(H,22,24). The van der Waals surface area contributed by atoms with Crippen molar-refractivity contribution in [2.24, 2.45) is 0 Å². The number of aromatic nitrogens is 2. The van der Waals surface area contributed by atoms with E-state index >= 15 is 0 Å². The van der Waals surface area contributed by atoms with Crippen LogP contribution in [0.4, 0.5) is 10.3 Å². The molecule has 0 aliphatic heterocycles. The molecule has 2 heterocycles. The fourth-order valence-electron chi connectivity index (χ4n) is 3.22. The molecule has 0 fully saturated rings. The largest absolute Gasteiger partial charge is 0.360 e. The van der Waals surface area contributed by atoms with Gasteiger partial charge >= 0.3 is 0 Å². The van der Waals surface area contributed by atoms with E-state index in [1.165, 1.54) is 9.40 Å². The Kier molecular flexibility index (Phi) is 7.84. The summed E-state index contributed by atoms with van der Waals surface area (Å²) < 4.78 is 2.38. The summed E-state index contributed by atoms with van der Waals surface area (Å²) in [6, 6.07) is 4.34. The lowest BCUT2D eigenvalue weighted by Crippen LogP contribution is -2.28. The highest BCUT2D eigenvalue weighted by molar-refractivity contribution is 7.23. The van der Waals surface area contributed by atoms with Gasteiger partial charge in [-0.3, -0.25) is 0 Å². The number of hydrogen-bond donors (Lipinski definition) is 2. The number of anilines is 2. The molecule has 0 saturated heterocycles. The second-order valence-corrected chi connectivity index (χ2v) is 8.79. The topological polar surface area (TPSA) is 56.3 Å². The van der Waals surface area contributed by atoms with Crippen molar-refractivity contribution >= 4 is 53.4 Å². The van der Waals surface area contributed by atoms with Gasteiger partial charge < -0.3 is 20.4 Å². The zero-order chi connectivity index (χ0) is 19.9. The van der Waals surface area contributed by atoms with Crippen molar-refractivity contribution in [3.63, 3.8) is 0 Å². The Bertz CT molecular complexity index is 747. The van der Waals surface area contributed by atoms with Gasteiger partial charge in [-0.05, 0) is 38.3 Å². The summed E-state index contributed by atoms with van der Waals surface area (Å²) in [4.78, 5) is 14.4. The van der Waals surface area contributed by atoms with Crippen molar-refractivity contribution in [2.45, 2.75) is 27.7 Å². The van der Waals surface area contributed by atoms with E-state index in [9.17, 15) is 0 Å². The van der Waals surface area contributed by atoms with E-state index in [1.807, 2.05) is 0 Å². The van der Waals surface area contributed by atoms with E-state index < -0.39 is 0 Å². The number of fused-ring (bicyclic) bond motifs is 2. The van der Waals surface area contributed by atoms with Gasteiger partial charge in [-0.1, -0.05) is 50.4 Å². The van der Waals surface area contributed by atoms with Gasteiger partial charge in [0.05, 0.1) is 20.4 Å². The van der Waals surface area contributed by atoms with Gasteiger partial charge in [-0.25, -0.2) is 9.97 Å². The van der Waals surface area contributed by atoms with Crippen LogP contribution in [0.5, 0.6) is 0 Å². The number of nitrogens with zero attached hydrogens (tertiary/aromatic N) is 4. The first kappa shape index (κ1) is 21.2. The summed E-state index contributed by atoms with van der Waals surface area (Å²) in [5, 5.41) is 8.94. The fourth-order valence-corrected chi connectivity index (χ4v) is 5.03. The van der Waals surface area contributed by atoms with Crippen LogP contribution in [-0.2, 0) is 0 Å². The van der Waals surface area contributed by atoms with Crippen molar-refractivity contribution in [1.82, 2.24) is 19.8 Å². The molecule has 2 aromatic heterocycles. The first-order valence-electron chi connectivity index (χ1n) is 10.3. The number of benzene rings is 1. The van der Waals surface area contributed by atoms with Gasteiger partial charge in [0, 0.05) is 26.2 Å². The Balaban J connectivity index is 1.62. The molecule has 0 bridgehead atoms. The van der Waals surface area contributed by atoms with Crippen LogP contribution in [0.2, 0.25) is 0 Å². The van der Waals surface area contributed by atoms with E-state index in [0.717, 1.165) is 73.7 Å². The van der Waals surface area contributed by atoms with Crippen molar-refractivity contribution in [3.05, 3.63) is 12.1 Å². The maximum atomic E-state index is 4.77. The van der Waals surface area contributed by atoms with Crippen LogP contribution < -0.4 is 10.6 Å². The van der Waals surface area contributed by atoms with Crippen LogP contribution in [0.3, 0.4) is 0 Å². The molecule has 154 valence electrons. The number of likely N-dealkylation sites (N-methyl/N-ethyl adjacent to an activating group) is 2. The average molecular weight is 421 g/mol. The number of thiazole rings is 2. The summed E-state index contributed by atoms with van der Waals surface area (Å²) in [5.74, 6) is 0. The number of nitrogens with one attached hydrogen (secondary N) is 2. The van der Waals surface area contributed by atoms with Crippen LogP contribution in [0.15, 0.2) is 12.1 Å². The molecule has 0 radical (unpaired) electrons. The summed E-state index contributed by atoms with van der Waals surface area (Å²) in [5.41, 5.74) is 2.11. The summed E-state index contributed by atoms with van der Waals surface area (Å²) in [7, 11) is 0. The predicted molar refractivity (Wildman–Crippen MR) is 125 cm³/mol. The molecule has 6 nitrogen and oxygen atoms in total. The van der Waals surface area contributed by atoms with Crippen molar-refractivity contribution in [2.75, 3.05) is 63.0 Å². The van der Waals surface area contributed by atoms with E-state index in [0.29, 0.717) is 0 Å². The lowest BCUT2D eigenvalue weighted by atomic mass is 10.3. The van der Waals surface area contributed by atoms with Gasteiger partial charge in [0.25, 0.3) is 0 Å². The number of rotatable bonds is 12. The Morgan fingerprint density at radius 1 is 0.714 bits per heavy atom. The fraction of sp³-hybridized carbons (Fsp3) is 0.600. The average Bonchev–Trinajstić information content (AvgIpc) is 3.28. The Hall–Kier alpha value is -1.48. The lowest BCUT2D eigenvalue weighted by Gasteiger charge is -2.17. The third-order valence-electron chi connectivity index (χ3n) is 5.10. The smallest absolute Gasteiger partial charge is 0.183 e. The maximum absolute atomic E-state index is 4.77. The second-order valence-electron chi connectivity index (χ2n) is 6.73. The molecule has 0 spiro atoms. The Morgan fingerprint density at radius 3 is 1.46 bits per heavy atom. The van der Waals surface area contributed by atoms with Gasteiger partial charge in [-0.15, -0.1) is 0 Å². The van der Waals surface area contributed by atoms with Crippen LogP contribution in [0.1, 0.15) is 27.7 Å². The van der Waals surface area contributed by atoms with Crippen LogP contribution >= 0.6 is 22.7 Å². The zero-order valence-electron chi connectivity index (χ0n) is 17.4. The SMILES string of the molecule is CCN(CC)CCNc1nc2cc3sc(NCCN(CC)CC)nc3cc2s1. The predicted octanol–water partition coefficient (Wildman–Crippen LogP) is 4.41. The van der Waals surface area contributed by atoms with Crippen molar-refractivity contribution in [1.29, 1.82) is 0 Å². The van der Waals surface area contributed by atoms with Gasteiger partial charge in [0.15, 0.2) is 10.3 Å². The molecule has 0 amide bonds. The molecule has 0 aliphatic carbocycles. The van der Waals surface area contributed by atoms with Crippen LogP contribution in [0.25, 0.3) is 20.4 Å². The second kappa shape index (κ2) is 10.3. The van der Waals surface area contributed by atoms with E-state index in [-0.39, 0.29) is 0 Å². The van der Waals surface area contributed by atoms with E-state index in [1.54, 1.807) is 22.7 Å². The first-order chi connectivity index (χ1) is 13.7. The number of hydrogen-bond acceptors (Lipinski definition) is 8. The quantitative estimate of drug-likeness (QED) is 0.453. The molecule has 2 N–H and O–H groups in total. The minimum Gasteiger partial charge on any atom is -0.360 e. The van der Waals surface area contributed by atoms with Crippen LogP contribution in [0, 0.1) is 0 Å². The molecule has 3 aromatic rings. The Morgan fingerprint density at radius 2 is 1.11 bits per heavy atom. The van der Waals surface area contributed by atoms with Gasteiger partial charge in [0.2, 0.25) is 0 Å². The molecule has 3 rings (SSSR count). The summed E-state index contributed by atoms with van der Waals surface area (Å²) in [6.45, 7) is 17.1. The molecule has 28 heavy (non-hydrogen) atoms. The third-order valence-corrected chi connectivity index (χ3v) is 7.05. The lowest BCUT2D eigenvalue weighted by molar-refractivity contribution is 0.316. The summed E-state index contributed by atoms with van der Waals surface area (Å²) >= 11 is 3.43. The van der Waals surface area contributed by atoms with Gasteiger partial charge in [-0.2, -0.15) is 0 Å². The van der Waals surface area contributed by atoms with E-state index in [4.69, 9.17) is 9.97 Å². The minimum absolute atomic E-state index is 0.925. The van der Waals surface area contributed by atoms with Crippen molar-refractivity contribution < 1.29 is 0 Å². The molecule has 0 aliphatic rings. The molecule has 8 heteroatoms. The summed E-state index contributed by atoms with van der Waals surface area (Å²) in [6.07, 6.45) is 0. The highest BCUT2D eigenvalue weighted by atomic mass is 32.1. The normalized spacial score (nSPS) is 11.9. The van der Waals surface area contributed by atoms with Gasteiger partial charge in [0.1, 0.15) is 0 Å². The molecule has 0 saturated carbocycles. The minimum atomic E-state index is 0.925. The zero-order valence-corrected chi connectivity index (χ0v) is 19.0. The van der Waals surface area contributed by atoms with E-state index in [2.05, 4.69) is 60.3 Å². The van der Waals surface area contributed by atoms with Crippen LogP contribution in [-0.4, -0.2) is 72.1 Å². The molecular weight excluding hydrogens is 388 g/mol. The highest BCUT2D eigenvalue weighted by Crippen LogP contribution is 2.33. The highest BCUT2D eigenvalue weighted by Gasteiger charge is 2.10. The Labute approximate surface area is 176 Å².